The Hall–Kier alpha value is -5.54. The van der Waals surface area contributed by atoms with Gasteiger partial charge in [0, 0.05) is 29.2 Å². The lowest BCUT2D eigenvalue weighted by atomic mass is 9.96. The molecule has 234 valence electrons. The smallest absolute Gasteiger partial charge is 0.0702 e. The van der Waals surface area contributed by atoms with Crippen molar-refractivity contribution in [2.45, 2.75) is 34.6 Å². The van der Waals surface area contributed by atoms with Gasteiger partial charge in [0.2, 0.25) is 0 Å². The van der Waals surface area contributed by atoms with E-state index in [-0.39, 0.29) is 0 Å². The van der Waals surface area contributed by atoms with Gasteiger partial charge in [0.15, 0.2) is 0 Å². The van der Waals surface area contributed by atoms with Crippen LogP contribution in [0.1, 0.15) is 44.5 Å². The zero-order valence-electron chi connectivity index (χ0n) is 28.1. The molecule has 0 N–H and O–H groups in total. The van der Waals surface area contributed by atoms with E-state index >= 15 is 0 Å². The highest BCUT2D eigenvalue weighted by Gasteiger charge is 2.16. The zero-order chi connectivity index (χ0) is 33.2. The molecule has 0 spiro atoms. The van der Waals surface area contributed by atoms with Crippen molar-refractivity contribution in [3.63, 3.8) is 0 Å². The minimum Gasteiger partial charge on any atom is -0.309 e. The topological polar surface area (TPSA) is 30.2 Å². The second-order valence-electron chi connectivity index (χ2n) is 11.3. The van der Waals surface area contributed by atoms with Crippen LogP contribution in [0.2, 0.25) is 0 Å². The number of benzene rings is 3. The van der Waals surface area contributed by atoms with Gasteiger partial charge in [-0.15, -0.1) is 0 Å². The van der Waals surface area contributed by atoms with E-state index in [2.05, 4.69) is 144 Å². The second-order valence-corrected chi connectivity index (χ2v) is 11.3. The summed E-state index contributed by atoms with van der Waals surface area (Å²) in [6.07, 6.45) is 18.4. The molecule has 0 saturated carbocycles. The van der Waals surface area contributed by atoms with Gasteiger partial charge in [0.05, 0.1) is 22.8 Å². The Bertz CT molecular complexity index is 1960. The van der Waals surface area contributed by atoms with Gasteiger partial charge in [-0.1, -0.05) is 118 Å². The van der Waals surface area contributed by atoms with Gasteiger partial charge in [-0.25, -0.2) is 0 Å². The zero-order valence-corrected chi connectivity index (χ0v) is 28.1. The molecule has 0 saturated heterocycles. The molecule has 47 heavy (non-hydrogen) atoms. The molecule has 2 heterocycles. The van der Waals surface area contributed by atoms with Gasteiger partial charge in [0.1, 0.15) is 0 Å². The highest BCUT2D eigenvalue weighted by Crippen LogP contribution is 2.35. The van der Waals surface area contributed by atoms with E-state index in [4.69, 9.17) is 0 Å². The third-order valence-electron chi connectivity index (χ3n) is 8.03. The van der Waals surface area contributed by atoms with Crippen molar-refractivity contribution in [1.29, 1.82) is 0 Å². The third kappa shape index (κ3) is 7.65. The normalized spacial score (nSPS) is 14.4. The summed E-state index contributed by atoms with van der Waals surface area (Å²) in [6.45, 7) is 14.1. The average Bonchev–Trinajstić information content (AvgIpc) is 3.45. The number of rotatable bonds is 8. The second kappa shape index (κ2) is 15.6. The van der Waals surface area contributed by atoms with E-state index in [9.17, 15) is 0 Å². The Morgan fingerprint density at radius 2 is 1.53 bits per heavy atom. The number of aryl methyl sites for hydroxylation is 1. The first-order valence-electron chi connectivity index (χ1n) is 16.4. The minimum absolute atomic E-state index is 0.398. The monoisotopic (exact) mass is 613 g/mol. The Morgan fingerprint density at radius 1 is 0.809 bits per heavy atom. The van der Waals surface area contributed by atoms with Crippen molar-refractivity contribution in [1.82, 2.24) is 9.55 Å². The summed E-state index contributed by atoms with van der Waals surface area (Å²) in [6, 6.07) is 34.6. The fourth-order valence-corrected chi connectivity index (χ4v) is 5.65. The predicted octanol–water partition coefficient (Wildman–Crippen LogP) is 12.0. The van der Waals surface area contributed by atoms with E-state index in [1.807, 2.05) is 51.2 Å². The minimum atomic E-state index is 0.398. The van der Waals surface area contributed by atoms with Gasteiger partial charge >= 0.3 is 0 Å². The van der Waals surface area contributed by atoms with Crippen molar-refractivity contribution >= 4 is 17.5 Å². The maximum absolute atomic E-state index is 4.64. The first-order chi connectivity index (χ1) is 23.0. The summed E-state index contributed by atoms with van der Waals surface area (Å²) in [5, 5.41) is 0. The van der Waals surface area contributed by atoms with Gasteiger partial charge in [-0.2, -0.15) is 0 Å². The van der Waals surface area contributed by atoms with Crippen LogP contribution in [0.5, 0.6) is 0 Å². The molecule has 3 nitrogen and oxygen atoms in total. The molecular formula is C44H43N3. The molecule has 1 aliphatic carbocycles. The van der Waals surface area contributed by atoms with Crippen molar-refractivity contribution in [3.05, 3.63) is 169 Å². The lowest BCUT2D eigenvalue weighted by Crippen LogP contribution is -2.01. The number of pyridine rings is 1. The molecule has 1 unspecified atom stereocenters. The predicted molar refractivity (Wildman–Crippen MR) is 204 cm³/mol. The van der Waals surface area contributed by atoms with Crippen LogP contribution < -0.4 is 0 Å². The highest BCUT2D eigenvalue weighted by molar-refractivity contribution is 5.84. The first-order valence-corrected chi connectivity index (χ1v) is 16.4. The van der Waals surface area contributed by atoms with Crippen molar-refractivity contribution in [2.24, 2.45) is 10.9 Å². The fraction of sp³-hybridized carbons (Fsp3) is 0.136. The number of aliphatic imine (C=N–C) groups is 1. The lowest BCUT2D eigenvalue weighted by molar-refractivity contribution is 0.942. The molecule has 0 aliphatic heterocycles. The van der Waals surface area contributed by atoms with Crippen LogP contribution in [-0.4, -0.2) is 15.8 Å². The SMILES string of the molecule is C=CC=N/C(=C\C)c1cc(-c2ccc(-n3c(C4=CC=CC(C)C=C4)ccc3-c3ccc(C)cc3)cc2)cc(-c2ccccn2)c1.CC. The van der Waals surface area contributed by atoms with Gasteiger partial charge in [-0.3, -0.25) is 9.98 Å². The summed E-state index contributed by atoms with van der Waals surface area (Å²) < 4.78 is 2.37. The Morgan fingerprint density at radius 3 is 2.23 bits per heavy atom. The number of hydrogen-bond acceptors (Lipinski definition) is 2. The third-order valence-corrected chi connectivity index (χ3v) is 8.03. The molecule has 6 rings (SSSR count). The molecule has 0 bridgehead atoms. The molecule has 0 fully saturated rings. The molecular weight excluding hydrogens is 571 g/mol. The molecule has 1 aliphatic rings. The van der Waals surface area contributed by atoms with Crippen molar-refractivity contribution < 1.29 is 0 Å². The van der Waals surface area contributed by atoms with E-state index in [0.29, 0.717) is 5.92 Å². The van der Waals surface area contributed by atoms with Crippen LogP contribution in [0.3, 0.4) is 0 Å². The summed E-state index contributed by atoms with van der Waals surface area (Å²) >= 11 is 0. The number of hydrogen-bond donors (Lipinski definition) is 0. The average molecular weight is 614 g/mol. The largest absolute Gasteiger partial charge is 0.309 e. The molecule has 0 radical (unpaired) electrons. The molecule has 3 aromatic carbocycles. The Labute approximate surface area is 280 Å². The van der Waals surface area contributed by atoms with E-state index in [1.165, 1.54) is 16.7 Å². The number of allylic oxidation sites excluding steroid dienone is 8. The van der Waals surface area contributed by atoms with E-state index in [0.717, 1.165) is 50.7 Å². The first kappa shape index (κ1) is 32.8. The van der Waals surface area contributed by atoms with Crippen LogP contribution in [0.4, 0.5) is 0 Å². The summed E-state index contributed by atoms with van der Waals surface area (Å²) in [7, 11) is 0. The summed E-state index contributed by atoms with van der Waals surface area (Å²) in [5.74, 6) is 0.398. The summed E-state index contributed by atoms with van der Waals surface area (Å²) in [4.78, 5) is 9.27. The molecule has 0 amide bonds. The summed E-state index contributed by atoms with van der Waals surface area (Å²) in [5.41, 5.74) is 13.2. The van der Waals surface area contributed by atoms with Crippen LogP contribution in [-0.2, 0) is 0 Å². The Balaban J connectivity index is 0.00000213. The Kier molecular flexibility index (Phi) is 10.9. The molecule has 5 aromatic rings. The fourth-order valence-electron chi connectivity index (χ4n) is 5.65. The van der Waals surface area contributed by atoms with Gasteiger partial charge in [-0.05, 0) is 96.6 Å². The van der Waals surface area contributed by atoms with Crippen LogP contribution in [0.15, 0.2) is 157 Å². The molecule has 3 heteroatoms. The standard InChI is InChI=1S/C42H37N3.C2H6/c1-5-25-43-39(6-2)36-27-35(28-37(29-36)40-12-7-8-26-44-40)32-19-21-38(22-20-32)45-41(33-11-9-10-30(3)13-16-33)23-24-42(45)34-17-14-31(4)15-18-34;1-2/h5-30H,1H2,2-4H3;1-2H3/b39-6-,43-25?;. The van der Waals surface area contributed by atoms with E-state index < -0.39 is 0 Å². The highest BCUT2D eigenvalue weighted by atomic mass is 15.0. The maximum atomic E-state index is 4.64. The van der Waals surface area contributed by atoms with Crippen LogP contribution in [0.25, 0.3) is 50.6 Å². The van der Waals surface area contributed by atoms with Crippen LogP contribution in [0, 0.1) is 12.8 Å². The van der Waals surface area contributed by atoms with E-state index in [1.54, 1.807) is 12.3 Å². The van der Waals surface area contributed by atoms with Gasteiger partial charge in [0.25, 0.3) is 0 Å². The van der Waals surface area contributed by atoms with Crippen molar-refractivity contribution in [2.75, 3.05) is 0 Å². The number of aromatic nitrogens is 2. The van der Waals surface area contributed by atoms with Crippen molar-refractivity contribution in [3.8, 4) is 39.3 Å². The molecule has 2 aromatic heterocycles. The number of nitrogens with zero attached hydrogens (tertiary/aromatic N) is 3. The van der Waals surface area contributed by atoms with Crippen LogP contribution >= 0.6 is 0 Å². The van der Waals surface area contributed by atoms with Gasteiger partial charge < -0.3 is 4.57 Å². The maximum Gasteiger partial charge on any atom is 0.0702 e. The molecule has 1 atom stereocenters. The lowest BCUT2D eigenvalue weighted by Gasteiger charge is -2.16. The quantitative estimate of drug-likeness (QED) is 0.160.